The quantitative estimate of drug-likeness (QED) is 0.671. The molecule has 2 aromatic heterocycles. The second-order valence-electron chi connectivity index (χ2n) is 5.70. The first-order valence-electron chi connectivity index (χ1n) is 7.97. The number of nitrogens with zero attached hydrogens (tertiary/aromatic N) is 2. The fraction of sp³-hybridized carbons (Fsp3) is 0.111. The molecule has 1 saturated heterocycles. The molecule has 3 aromatic rings. The Morgan fingerprint density at radius 2 is 1.96 bits per heavy atom. The topological polar surface area (TPSA) is 79.4 Å². The van der Waals surface area contributed by atoms with Gasteiger partial charge in [-0.15, -0.1) is 22.7 Å². The molecule has 27 heavy (non-hydrogen) atoms. The van der Waals surface area contributed by atoms with Crippen LogP contribution in [0.3, 0.4) is 0 Å². The first-order valence-corrected chi connectivity index (χ1v) is 10.7. The van der Waals surface area contributed by atoms with E-state index in [1.54, 1.807) is 41.0 Å². The van der Waals surface area contributed by atoms with Gasteiger partial charge in [0, 0.05) is 11.1 Å². The molecule has 0 aliphatic carbocycles. The first-order chi connectivity index (χ1) is 13.1. The maximum Gasteiger partial charge on any atom is 0.289 e. The number of hydrogen-bond donors (Lipinski definition) is 1. The van der Waals surface area contributed by atoms with Crippen LogP contribution in [0.1, 0.15) is 16.1 Å². The molecule has 1 fully saturated rings. The summed E-state index contributed by atoms with van der Waals surface area (Å²) in [5.74, 6) is -0.246. The standard InChI is InChI=1S/C18H13N3O3S3/c22-15-10-27-18(24)21(15)8-11-3-5-12(6-4-11)19-16(23)13-9-26-17(20-13)14-2-1-7-25-14/h1-7,9H,8,10H2,(H,19,23). The lowest BCUT2D eigenvalue weighted by molar-refractivity contribution is -0.125. The molecule has 9 heteroatoms. The van der Waals surface area contributed by atoms with E-state index in [0.717, 1.165) is 27.2 Å². The number of nitrogens with one attached hydrogen (secondary N) is 1. The van der Waals surface area contributed by atoms with Gasteiger partial charge in [-0.2, -0.15) is 0 Å². The number of aromatic nitrogens is 1. The molecule has 136 valence electrons. The number of imide groups is 1. The van der Waals surface area contributed by atoms with E-state index in [2.05, 4.69) is 10.3 Å². The highest BCUT2D eigenvalue weighted by atomic mass is 32.2. The van der Waals surface area contributed by atoms with E-state index >= 15 is 0 Å². The molecule has 3 amide bonds. The lowest BCUT2D eigenvalue weighted by Crippen LogP contribution is -2.27. The fourth-order valence-electron chi connectivity index (χ4n) is 2.50. The third kappa shape index (κ3) is 3.95. The molecular formula is C18H13N3O3S3. The summed E-state index contributed by atoms with van der Waals surface area (Å²) in [7, 11) is 0. The predicted molar refractivity (Wildman–Crippen MR) is 108 cm³/mol. The van der Waals surface area contributed by atoms with E-state index in [0.29, 0.717) is 11.4 Å². The minimum Gasteiger partial charge on any atom is -0.321 e. The van der Waals surface area contributed by atoms with Gasteiger partial charge in [-0.05, 0) is 29.1 Å². The number of amides is 3. The number of rotatable bonds is 5. The van der Waals surface area contributed by atoms with Crippen LogP contribution < -0.4 is 5.32 Å². The predicted octanol–water partition coefficient (Wildman–Crippen LogP) is 4.32. The van der Waals surface area contributed by atoms with Crippen molar-refractivity contribution in [3.05, 3.63) is 58.4 Å². The number of hydrogen-bond acceptors (Lipinski definition) is 7. The Balaban J connectivity index is 1.40. The highest BCUT2D eigenvalue weighted by molar-refractivity contribution is 8.14. The zero-order valence-electron chi connectivity index (χ0n) is 13.9. The van der Waals surface area contributed by atoms with Crippen LogP contribution in [0.5, 0.6) is 0 Å². The van der Waals surface area contributed by atoms with Crippen molar-refractivity contribution in [2.24, 2.45) is 0 Å². The van der Waals surface area contributed by atoms with Gasteiger partial charge in [0.25, 0.3) is 11.1 Å². The van der Waals surface area contributed by atoms with Crippen LogP contribution in [0.25, 0.3) is 9.88 Å². The first kappa shape index (κ1) is 17.9. The molecule has 0 spiro atoms. The van der Waals surface area contributed by atoms with Crippen molar-refractivity contribution in [2.75, 3.05) is 11.1 Å². The molecular weight excluding hydrogens is 402 g/mol. The molecule has 1 aromatic carbocycles. The molecule has 0 atom stereocenters. The number of benzene rings is 1. The van der Waals surface area contributed by atoms with E-state index in [1.807, 2.05) is 17.5 Å². The molecule has 4 rings (SSSR count). The Hall–Kier alpha value is -2.49. The fourth-order valence-corrected chi connectivity index (χ4v) is 4.84. The van der Waals surface area contributed by atoms with Gasteiger partial charge in [0.15, 0.2) is 0 Å². The van der Waals surface area contributed by atoms with Crippen molar-refractivity contribution in [1.82, 2.24) is 9.88 Å². The minimum atomic E-state index is -0.275. The summed E-state index contributed by atoms with van der Waals surface area (Å²) in [5.41, 5.74) is 1.83. The summed E-state index contributed by atoms with van der Waals surface area (Å²) >= 11 is 4.03. The van der Waals surface area contributed by atoms with E-state index in [4.69, 9.17) is 0 Å². The maximum atomic E-state index is 12.4. The molecule has 0 saturated carbocycles. The Kier molecular flexibility index (Phi) is 5.06. The number of carbonyl (C=O) groups is 3. The SMILES string of the molecule is O=C(Nc1ccc(CN2C(=O)CSC2=O)cc1)c1csc(-c2cccs2)n1. The molecule has 3 heterocycles. The second kappa shape index (κ2) is 7.63. The lowest BCUT2D eigenvalue weighted by Gasteiger charge is -2.13. The van der Waals surface area contributed by atoms with Crippen LogP contribution in [0.2, 0.25) is 0 Å². The summed E-state index contributed by atoms with van der Waals surface area (Å²) in [5, 5.41) is 7.12. The van der Waals surface area contributed by atoms with Crippen molar-refractivity contribution >= 4 is 57.2 Å². The van der Waals surface area contributed by atoms with Crippen LogP contribution in [0.4, 0.5) is 10.5 Å². The molecule has 0 radical (unpaired) electrons. The van der Waals surface area contributed by atoms with Crippen molar-refractivity contribution in [2.45, 2.75) is 6.54 Å². The number of thiazole rings is 1. The van der Waals surface area contributed by atoms with E-state index < -0.39 is 0 Å². The van der Waals surface area contributed by atoms with Gasteiger partial charge in [0.2, 0.25) is 5.91 Å². The second-order valence-corrected chi connectivity index (χ2v) is 8.43. The minimum absolute atomic E-state index is 0.174. The number of carbonyl (C=O) groups excluding carboxylic acids is 3. The van der Waals surface area contributed by atoms with Gasteiger partial charge in [0.1, 0.15) is 10.7 Å². The van der Waals surface area contributed by atoms with E-state index in [9.17, 15) is 14.4 Å². The lowest BCUT2D eigenvalue weighted by atomic mass is 10.2. The number of anilines is 1. The Bertz CT molecular complexity index is 981. The number of thioether (sulfide) groups is 1. The van der Waals surface area contributed by atoms with Gasteiger partial charge in [-0.3, -0.25) is 19.3 Å². The van der Waals surface area contributed by atoms with Gasteiger partial charge in [-0.25, -0.2) is 4.98 Å². The van der Waals surface area contributed by atoms with Crippen LogP contribution >= 0.6 is 34.4 Å². The Morgan fingerprint density at radius 3 is 2.63 bits per heavy atom. The summed E-state index contributed by atoms with van der Waals surface area (Å²) in [6.45, 7) is 0.245. The van der Waals surface area contributed by atoms with Crippen LogP contribution in [0.15, 0.2) is 47.2 Å². The highest BCUT2D eigenvalue weighted by Crippen LogP contribution is 2.28. The Morgan fingerprint density at radius 1 is 1.15 bits per heavy atom. The maximum absolute atomic E-state index is 12.4. The van der Waals surface area contributed by atoms with Gasteiger partial charge in [-0.1, -0.05) is 30.0 Å². The van der Waals surface area contributed by atoms with Crippen LogP contribution in [-0.4, -0.2) is 32.7 Å². The average molecular weight is 416 g/mol. The molecule has 1 aliphatic rings. The summed E-state index contributed by atoms with van der Waals surface area (Å²) in [4.78, 5) is 42.4. The molecule has 1 aliphatic heterocycles. The summed E-state index contributed by atoms with van der Waals surface area (Å²) in [6, 6.07) is 11.0. The molecule has 6 nitrogen and oxygen atoms in total. The smallest absolute Gasteiger partial charge is 0.289 e. The number of thiophene rings is 1. The average Bonchev–Trinajstić information content (AvgIpc) is 3.40. The monoisotopic (exact) mass is 415 g/mol. The van der Waals surface area contributed by atoms with Gasteiger partial charge >= 0.3 is 0 Å². The van der Waals surface area contributed by atoms with Gasteiger partial charge in [0.05, 0.1) is 17.2 Å². The van der Waals surface area contributed by atoms with Crippen molar-refractivity contribution in [1.29, 1.82) is 0 Å². The molecule has 1 N–H and O–H groups in total. The third-order valence-corrected chi connectivity index (χ3v) is 6.60. The zero-order valence-corrected chi connectivity index (χ0v) is 16.3. The van der Waals surface area contributed by atoms with E-state index in [-0.39, 0.29) is 29.4 Å². The summed E-state index contributed by atoms with van der Waals surface area (Å²) < 4.78 is 0. The van der Waals surface area contributed by atoms with Crippen molar-refractivity contribution in [3.63, 3.8) is 0 Å². The van der Waals surface area contributed by atoms with Crippen molar-refractivity contribution < 1.29 is 14.4 Å². The molecule has 0 unspecified atom stereocenters. The largest absolute Gasteiger partial charge is 0.321 e. The zero-order chi connectivity index (χ0) is 18.8. The Labute approximate surface area is 167 Å². The van der Waals surface area contributed by atoms with E-state index in [1.165, 1.54) is 16.2 Å². The van der Waals surface area contributed by atoms with Gasteiger partial charge < -0.3 is 5.32 Å². The molecule has 0 bridgehead atoms. The van der Waals surface area contributed by atoms with Crippen LogP contribution in [-0.2, 0) is 11.3 Å². The van der Waals surface area contributed by atoms with Crippen LogP contribution in [0, 0.1) is 0 Å². The highest BCUT2D eigenvalue weighted by Gasteiger charge is 2.29. The third-order valence-electron chi connectivity index (χ3n) is 3.86. The van der Waals surface area contributed by atoms with Crippen molar-refractivity contribution in [3.8, 4) is 9.88 Å². The normalized spacial score (nSPS) is 14.0. The summed E-state index contributed by atoms with van der Waals surface area (Å²) in [6.07, 6.45) is 0.